The van der Waals surface area contributed by atoms with E-state index in [0.29, 0.717) is 35.4 Å². The molecule has 2 aromatic rings. The largest absolute Gasteiger partial charge is 0.472 e. The third-order valence-electron chi connectivity index (χ3n) is 5.08. The van der Waals surface area contributed by atoms with Crippen LogP contribution in [-0.4, -0.2) is 37.6 Å². The van der Waals surface area contributed by atoms with Crippen molar-refractivity contribution in [3.8, 4) is 0 Å². The first-order chi connectivity index (χ1) is 13.4. The van der Waals surface area contributed by atoms with Gasteiger partial charge >= 0.3 is 0 Å². The lowest BCUT2D eigenvalue weighted by molar-refractivity contribution is -0.123. The van der Waals surface area contributed by atoms with Crippen LogP contribution < -0.4 is 10.6 Å². The van der Waals surface area contributed by atoms with Crippen molar-refractivity contribution < 1.29 is 18.7 Å². The van der Waals surface area contributed by atoms with Crippen molar-refractivity contribution in [2.75, 3.05) is 19.8 Å². The van der Waals surface area contributed by atoms with E-state index in [0.717, 1.165) is 18.4 Å². The number of furan rings is 1. The highest BCUT2D eigenvalue weighted by molar-refractivity contribution is 6.35. The third kappa shape index (κ3) is 4.69. The molecule has 150 valence electrons. The fraction of sp³-hybridized carbons (Fsp3) is 0.400. The van der Waals surface area contributed by atoms with E-state index in [4.69, 9.17) is 32.4 Å². The minimum atomic E-state index is -0.694. The summed E-state index contributed by atoms with van der Waals surface area (Å²) < 4.78 is 10.4. The van der Waals surface area contributed by atoms with E-state index < -0.39 is 6.04 Å². The number of carbonyl (C=O) groups is 2. The number of ether oxygens (including phenoxy) is 1. The first-order valence-electron chi connectivity index (χ1n) is 9.05. The Morgan fingerprint density at radius 2 is 1.96 bits per heavy atom. The Morgan fingerprint density at radius 3 is 2.61 bits per heavy atom. The first kappa shape index (κ1) is 20.7. The van der Waals surface area contributed by atoms with Crippen molar-refractivity contribution in [1.29, 1.82) is 0 Å². The standard InChI is InChI=1S/C20H22Cl2N2O4/c1-13(24-19(26)14-4-7-28-11-14)18(25)23-12-20(5-8-27-9-6-20)16-3-2-15(21)10-17(16)22/h2-4,7,10-11,13H,5-6,8-9,12H2,1H3,(H,23,25)(H,24,26). The zero-order valence-electron chi connectivity index (χ0n) is 15.5. The Bertz CT molecular complexity index is 833. The molecule has 0 aliphatic carbocycles. The maximum atomic E-state index is 12.6. The SMILES string of the molecule is CC(NC(=O)c1ccoc1)C(=O)NCC1(c2ccc(Cl)cc2Cl)CCOCC1. The van der Waals surface area contributed by atoms with Gasteiger partial charge in [-0.1, -0.05) is 29.3 Å². The van der Waals surface area contributed by atoms with Crippen LogP contribution in [0.3, 0.4) is 0 Å². The van der Waals surface area contributed by atoms with Crippen molar-refractivity contribution in [3.05, 3.63) is 58.0 Å². The average molecular weight is 425 g/mol. The Morgan fingerprint density at radius 1 is 1.21 bits per heavy atom. The quantitative estimate of drug-likeness (QED) is 0.742. The van der Waals surface area contributed by atoms with Gasteiger partial charge in [-0.3, -0.25) is 9.59 Å². The van der Waals surface area contributed by atoms with E-state index in [9.17, 15) is 9.59 Å². The molecule has 1 aromatic heterocycles. The van der Waals surface area contributed by atoms with Crippen molar-refractivity contribution in [2.45, 2.75) is 31.2 Å². The maximum absolute atomic E-state index is 12.6. The van der Waals surface area contributed by atoms with Gasteiger partial charge in [0.2, 0.25) is 5.91 Å². The van der Waals surface area contributed by atoms with Gasteiger partial charge in [0.15, 0.2) is 0 Å². The van der Waals surface area contributed by atoms with Crippen molar-refractivity contribution in [3.63, 3.8) is 0 Å². The number of halogens is 2. The Hall–Kier alpha value is -2.02. The van der Waals surface area contributed by atoms with Crippen LogP contribution in [0.15, 0.2) is 41.2 Å². The van der Waals surface area contributed by atoms with Crippen LogP contribution in [0.4, 0.5) is 0 Å². The van der Waals surface area contributed by atoms with Crippen LogP contribution >= 0.6 is 23.2 Å². The van der Waals surface area contributed by atoms with Crippen LogP contribution in [0.5, 0.6) is 0 Å². The molecule has 8 heteroatoms. The van der Waals surface area contributed by atoms with Gasteiger partial charge in [-0.05, 0) is 43.5 Å². The summed E-state index contributed by atoms with van der Waals surface area (Å²) in [4.78, 5) is 24.7. The molecule has 2 amide bonds. The lowest BCUT2D eigenvalue weighted by Gasteiger charge is -2.38. The average Bonchev–Trinajstić information content (AvgIpc) is 3.21. The molecule has 0 spiro atoms. The van der Waals surface area contributed by atoms with E-state index in [1.807, 2.05) is 6.07 Å². The summed E-state index contributed by atoms with van der Waals surface area (Å²) in [5.74, 6) is -0.634. The zero-order valence-corrected chi connectivity index (χ0v) is 17.0. The minimum absolute atomic E-state index is 0.271. The molecular weight excluding hydrogens is 403 g/mol. The van der Waals surface area contributed by atoms with Gasteiger partial charge in [-0.25, -0.2) is 0 Å². The molecule has 0 saturated carbocycles. The highest BCUT2D eigenvalue weighted by Crippen LogP contribution is 2.39. The monoisotopic (exact) mass is 424 g/mol. The highest BCUT2D eigenvalue weighted by atomic mass is 35.5. The zero-order chi connectivity index (χ0) is 20.1. The van der Waals surface area contributed by atoms with Crippen molar-refractivity contribution >= 4 is 35.0 Å². The summed E-state index contributed by atoms with van der Waals surface area (Å²) in [6.45, 7) is 3.20. The van der Waals surface area contributed by atoms with Gasteiger partial charge in [0.25, 0.3) is 5.91 Å². The lowest BCUT2D eigenvalue weighted by atomic mass is 9.74. The van der Waals surface area contributed by atoms with Crippen LogP contribution in [0.2, 0.25) is 10.0 Å². The number of hydrogen-bond donors (Lipinski definition) is 2. The second-order valence-corrected chi connectivity index (χ2v) is 7.79. The molecule has 1 fully saturated rings. The topological polar surface area (TPSA) is 80.6 Å². The third-order valence-corrected chi connectivity index (χ3v) is 5.63. The number of benzene rings is 1. The smallest absolute Gasteiger partial charge is 0.255 e. The molecule has 3 rings (SSSR count). The molecule has 2 N–H and O–H groups in total. The Labute approximate surface area is 173 Å². The van der Waals surface area contributed by atoms with E-state index >= 15 is 0 Å². The van der Waals surface area contributed by atoms with Gasteiger partial charge in [0, 0.05) is 35.2 Å². The molecule has 1 aromatic carbocycles. The van der Waals surface area contributed by atoms with E-state index in [2.05, 4.69) is 10.6 Å². The minimum Gasteiger partial charge on any atom is -0.472 e. The second kappa shape index (κ2) is 8.99. The van der Waals surface area contributed by atoms with Gasteiger partial charge in [-0.15, -0.1) is 0 Å². The summed E-state index contributed by atoms with van der Waals surface area (Å²) in [5.41, 5.74) is 0.967. The summed E-state index contributed by atoms with van der Waals surface area (Å²) >= 11 is 12.5. The van der Waals surface area contributed by atoms with E-state index in [-0.39, 0.29) is 17.2 Å². The van der Waals surface area contributed by atoms with Crippen LogP contribution in [-0.2, 0) is 14.9 Å². The molecule has 6 nitrogen and oxygen atoms in total. The summed E-state index contributed by atoms with van der Waals surface area (Å²) in [7, 11) is 0. The Balaban J connectivity index is 1.68. The lowest BCUT2D eigenvalue weighted by Crippen LogP contribution is -2.50. The van der Waals surface area contributed by atoms with Crippen molar-refractivity contribution in [1.82, 2.24) is 10.6 Å². The molecule has 1 aliphatic heterocycles. The number of nitrogens with one attached hydrogen (secondary N) is 2. The van der Waals surface area contributed by atoms with Crippen LogP contribution in [0, 0.1) is 0 Å². The first-order valence-corrected chi connectivity index (χ1v) is 9.81. The van der Waals surface area contributed by atoms with Crippen LogP contribution in [0.25, 0.3) is 0 Å². The van der Waals surface area contributed by atoms with E-state index in [1.54, 1.807) is 25.1 Å². The molecule has 1 unspecified atom stereocenters. The molecule has 0 radical (unpaired) electrons. The van der Waals surface area contributed by atoms with Gasteiger partial charge in [0.1, 0.15) is 12.3 Å². The molecule has 1 saturated heterocycles. The summed E-state index contributed by atoms with van der Waals surface area (Å²) in [6, 6.07) is 6.27. The molecular formula is C20H22Cl2N2O4. The van der Waals surface area contributed by atoms with Crippen molar-refractivity contribution in [2.24, 2.45) is 0 Å². The summed E-state index contributed by atoms with van der Waals surface area (Å²) in [6.07, 6.45) is 4.19. The highest BCUT2D eigenvalue weighted by Gasteiger charge is 2.37. The summed E-state index contributed by atoms with van der Waals surface area (Å²) in [5, 5.41) is 6.76. The van der Waals surface area contributed by atoms with Gasteiger partial charge in [0.05, 0.1) is 11.8 Å². The Kier molecular flexibility index (Phi) is 6.65. The van der Waals surface area contributed by atoms with Gasteiger partial charge in [-0.2, -0.15) is 0 Å². The fourth-order valence-corrected chi connectivity index (χ4v) is 3.98. The number of amides is 2. The molecule has 1 atom stereocenters. The number of rotatable bonds is 6. The molecule has 2 heterocycles. The van der Waals surface area contributed by atoms with Crippen LogP contribution in [0.1, 0.15) is 35.7 Å². The fourth-order valence-electron chi connectivity index (χ4n) is 3.37. The second-order valence-electron chi connectivity index (χ2n) is 6.94. The van der Waals surface area contributed by atoms with Gasteiger partial charge < -0.3 is 19.8 Å². The maximum Gasteiger partial charge on any atom is 0.255 e. The normalized spacial score (nSPS) is 17.0. The predicted molar refractivity (Wildman–Crippen MR) is 107 cm³/mol. The predicted octanol–water partition coefficient (Wildman–Crippen LogP) is 3.57. The molecule has 28 heavy (non-hydrogen) atoms. The number of carbonyl (C=O) groups excluding carboxylic acids is 2. The molecule has 0 bridgehead atoms. The van der Waals surface area contributed by atoms with E-state index in [1.165, 1.54) is 12.5 Å². The number of hydrogen-bond acceptors (Lipinski definition) is 4. The molecule has 1 aliphatic rings.